The summed E-state index contributed by atoms with van der Waals surface area (Å²) in [6, 6.07) is 8.98. The fourth-order valence-electron chi connectivity index (χ4n) is 4.35. The van der Waals surface area contributed by atoms with E-state index in [2.05, 4.69) is 49.4 Å². The molecule has 1 aromatic carbocycles. The molecule has 3 aromatic rings. The van der Waals surface area contributed by atoms with E-state index in [9.17, 15) is 0 Å². The molecule has 26 heavy (non-hydrogen) atoms. The Morgan fingerprint density at radius 1 is 1.04 bits per heavy atom. The highest BCUT2D eigenvalue weighted by atomic mass is 32.1. The van der Waals surface area contributed by atoms with Crippen molar-refractivity contribution < 1.29 is 0 Å². The van der Waals surface area contributed by atoms with Crippen LogP contribution in [0.25, 0.3) is 10.2 Å². The van der Waals surface area contributed by atoms with Crippen LogP contribution in [0.1, 0.15) is 61.3 Å². The maximum atomic E-state index is 4.87. The summed E-state index contributed by atoms with van der Waals surface area (Å²) >= 11 is 1.86. The number of rotatable bonds is 4. The molecular formula is C19H24N6S. The Balaban J connectivity index is 1.23. The van der Waals surface area contributed by atoms with Gasteiger partial charge in [0.1, 0.15) is 0 Å². The van der Waals surface area contributed by atoms with Gasteiger partial charge in [-0.2, -0.15) is 0 Å². The Hall–Kier alpha value is -1.86. The molecule has 1 aliphatic carbocycles. The number of likely N-dealkylation sites (tertiary alicyclic amines) is 1. The van der Waals surface area contributed by atoms with Crippen LogP contribution in [-0.2, 0) is 6.54 Å². The van der Waals surface area contributed by atoms with Gasteiger partial charge in [0.2, 0.25) is 0 Å². The van der Waals surface area contributed by atoms with Gasteiger partial charge in [0.05, 0.1) is 27.8 Å². The number of thiazole rings is 1. The fraction of sp³-hybridized carbons (Fsp3) is 0.579. The van der Waals surface area contributed by atoms with E-state index in [0.717, 1.165) is 31.0 Å². The van der Waals surface area contributed by atoms with Crippen molar-refractivity contribution in [1.82, 2.24) is 30.1 Å². The summed E-state index contributed by atoms with van der Waals surface area (Å²) in [6.07, 6.45) is 7.39. The largest absolute Gasteiger partial charge is 0.296 e. The van der Waals surface area contributed by atoms with Gasteiger partial charge in [0.25, 0.3) is 0 Å². The summed E-state index contributed by atoms with van der Waals surface area (Å²) in [5.74, 6) is 1.63. The number of para-hydroxylation sites is 1. The Morgan fingerprint density at radius 3 is 2.65 bits per heavy atom. The van der Waals surface area contributed by atoms with Gasteiger partial charge in [0.15, 0.2) is 5.82 Å². The third-order valence-corrected chi connectivity index (χ3v) is 7.04. The number of piperidine rings is 1. The highest BCUT2D eigenvalue weighted by molar-refractivity contribution is 7.18. The third kappa shape index (κ3) is 3.14. The molecule has 1 saturated carbocycles. The molecule has 2 aliphatic rings. The first-order chi connectivity index (χ1) is 12.9. The molecule has 1 aliphatic heterocycles. The van der Waals surface area contributed by atoms with Crippen LogP contribution in [0.15, 0.2) is 24.3 Å². The minimum atomic E-state index is 0.514. The van der Waals surface area contributed by atoms with Crippen molar-refractivity contribution in [2.75, 3.05) is 13.1 Å². The molecule has 3 heterocycles. The number of hydrogen-bond donors (Lipinski definition) is 0. The van der Waals surface area contributed by atoms with E-state index in [-0.39, 0.29) is 0 Å². The smallest absolute Gasteiger partial charge is 0.165 e. The molecular weight excluding hydrogens is 344 g/mol. The van der Waals surface area contributed by atoms with Gasteiger partial charge in [-0.1, -0.05) is 25.0 Å². The van der Waals surface area contributed by atoms with Crippen molar-refractivity contribution in [1.29, 1.82) is 0 Å². The Bertz CT molecular complexity index is 840. The molecule has 0 spiro atoms. The summed E-state index contributed by atoms with van der Waals surface area (Å²) in [5.41, 5.74) is 1.14. The standard InChI is InChI=1S/C19H24N6S/c1-2-6-15(5-1)25-18(21-22-23-25)13-24-11-9-14(10-12-24)19-20-16-7-3-4-8-17(16)26-19/h3-4,7-8,14-15H,1-2,5-6,9-13H2. The average molecular weight is 369 g/mol. The van der Waals surface area contributed by atoms with Crippen LogP contribution in [0.4, 0.5) is 0 Å². The van der Waals surface area contributed by atoms with E-state index < -0.39 is 0 Å². The summed E-state index contributed by atoms with van der Waals surface area (Å²) in [4.78, 5) is 7.37. The minimum absolute atomic E-state index is 0.514. The van der Waals surface area contributed by atoms with Crippen LogP contribution in [0.3, 0.4) is 0 Å². The van der Waals surface area contributed by atoms with Crippen molar-refractivity contribution in [3.05, 3.63) is 35.1 Å². The second kappa shape index (κ2) is 7.04. The number of nitrogens with zero attached hydrogens (tertiary/aromatic N) is 6. The maximum Gasteiger partial charge on any atom is 0.165 e. The number of hydrogen-bond acceptors (Lipinski definition) is 6. The van der Waals surface area contributed by atoms with E-state index in [1.165, 1.54) is 48.2 Å². The normalized spacial score (nSPS) is 20.3. The second-order valence-electron chi connectivity index (χ2n) is 7.55. The van der Waals surface area contributed by atoms with Crippen LogP contribution in [0.5, 0.6) is 0 Å². The monoisotopic (exact) mass is 368 g/mol. The quantitative estimate of drug-likeness (QED) is 0.701. The lowest BCUT2D eigenvalue weighted by Crippen LogP contribution is -2.33. The third-order valence-electron chi connectivity index (χ3n) is 5.84. The molecule has 0 N–H and O–H groups in total. The molecule has 0 radical (unpaired) electrons. The van der Waals surface area contributed by atoms with Gasteiger partial charge < -0.3 is 0 Å². The van der Waals surface area contributed by atoms with Crippen LogP contribution in [0, 0.1) is 0 Å². The number of tetrazole rings is 1. The molecule has 0 bridgehead atoms. The predicted molar refractivity (Wildman–Crippen MR) is 102 cm³/mol. The van der Waals surface area contributed by atoms with E-state index in [0.29, 0.717) is 12.0 Å². The van der Waals surface area contributed by atoms with Crippen molar-refractivity contribution in [3.8, 4) is 0 Å². The first kappa shape index (κ1) is 16.3. The fourth-order valence-corrected chi connectivity index (χ4v) is 5.49. The highest BCUT2D eigenvalue weighted by Crippen LogP contribution is 2.34. The molecule has 5 rings (SSSR count). The Labute approximate surface area is 157 Å². The SMILES string of the molecule is c1ccc2sc(C3CCN(Cc4nnnn4C4CCCC4)CC3)nc2c1. The van der Waals surface area contributed by atoms with Crippen LogP contribution in [-0.4, -0.2) is 43.2 Å². The average Bonchev–Trinajstić information content (AvgIpc) is 3.42. The van der Waals surface area contributed by atoms with Gasteiger partial charge >= 0.3 is 0 Å². The topological polar surface area (TPSA) is 59.7 Å². The number of benzene rings is 1. The van der Waals surface area contributed by atoms with Crippen molar-refractivity contribution >= 4 is 21.6 Å². The van der Waals surface area contributed by atoms with Crippen molar-refractivity contribution in [3.63, 3.8) is 0 Å². The first-order valence-corrected chi connectivity index (χ1v) is 10.5. The Morgan fingerprint density at radius 2 is 1.85 bits per heavy atom. The van der Waals surface area contributed by atoms with Crippen LogP contribution < -0.4 is 0 Å². The molecule has 136 valence electrons. The maximum absolute atomic E-state index is 4.87. The van der Waals surface area contributed by atoms with E-state index in [1.54, 1.807) is 0 Å². The van der Waals surface area contributed by atoms with E-state index >= 15 is 0 Å². The zero-order chi connectivity index (χ0) is 17.3. The molecule has 2 aromatic heterocycles. The summed E-state index contributed by atoms with van der Waals surface area (Å²) < 4.78 is 3.40. The number of aromatic nitrogens is 5. The highest BCUT2D eigenvalue weighted by Gasteiger charge is 2.26. The second-order valence-corrected chi connectivity index (χ2v) is 8.61. The van der Waals surface area contributed by atoms with Crippen molar-refractivity contribution in [2.24, 2.45) is 0 Å². The van der Waals surface area contributed by atoms with Crippen molar-refractivity contribution in [2.45, 2.75) is 57.0 Å². The predicted octanol–water partition coefficient (Wildman–Crippen LogP) is 3.78. The number of fused-ring (bicyclic) bond motifs is 1. The lowest BCUT2D eigenvalue weighted by atomic mass is 9.97. The van der Waals surface area contributed by atoms with Gasteiger partial charge in [-0.3, -0.25) is 4.90 Å². The van der Waals surface area contributed by atoms with E-state index in [4.69, 9.17) is 4.98 Å². The summed E-state index contributed by atoms with van der Waals surface area (Å²) in [5, 5.41) is 13.8. The van der Waals surface area contributed by atoms with Gasteiger partial charge in [-0.25, -0.2) is 9.67 Å². The zero-order valence-electron chi connectivity index (χ0n) is 14.9. The van der Waals surface area contributed by atoms with Gasteiger partial charge in [-0.15, -0.1) is 16.4 Å². The molecule has 2 fully saturated rings. The summed E-state index contributed by atoms with van der Waals surface area (Å²) in [7, 11) is 0. The van der Waals surface area contributed by atoms with Gasteiger partial charge in [0, 0.05) is 5.92 Å². The molecule has 0 unspecified atom stereocenters. The molecule has 7 heteroatoms. The zero-order valence-corrected chi connectivity index (χ0v) is 15.7. The molecule has 1 saturated heterocycles. The molecule has 0 atom stereocenters. The molecule has 6 nitrogen and oxygen atoms in total. The molecule has 0 amide bonds. The minimum Gasteiger partial charge on any atom is -0.296 e. The van der Waals surface area contributed by atoms with Crippen LogP contribution >= 0.6 is 11.3 Å². The first-order valence-electron chi connectivity index (χ1n) is 9.71. The van der Waals surface area contributed by atoms with E-state index in [1.807, 2.05) is 11.3 Å². The summed E-state index contributed by atoms with van der Waals surface area (Å²) in [6.45, 7) is 3.06. The van der Waals surface area contributed by atoms with Crippen LogP contribution in [0.2, 0.25) is 0 Å². The lowest BCUT2D eigenvalue weighted by Gasteiger charge is -2.30. The van der Waals surface area contributed by atoms with Gasteiger partial charge in [-0.05, 0) is 61.3 Å². The Kier molecular flexibility index (Phi) is 4.42. The lowest BCUT2D eigenvalue weighted by molar-refractivity contribution is 0.195.